The third kappa shape index (κ3) is 5.31. The molecule has 0 aromatic heterocycles. The van der Waals surface area contributed by atoms with E-state index in [0.717, 1.165) is 43.5 Å². The summed E-state index contributed by atoms with van der Waals surface area (Å²) in [6.45, 7) is 6.97. The molecule has 0 radical (unpaired) electrons. The van der Waals surface area contributed by atoms with Gasteiger partial charge in [-0.3, -0.25) is 4.90 Å². The number of piperazine rings is 1. The van der Waals surface area contributed by atoms with Gasteiger partial charge in [-0.2, -0.15) is 0 Å². The number of hydrogen-bond donors (Lipinski definition) is 0. The van der Waals surface area contributed by atoms with Crippen LogP contribution in [0.1, 0.15) is 17.2 Å². The Kier molecular flexibility index (Phi) is 6.38. The van der Waals surface area contributed by atoms with Crippen molar-refractivity contribution in [3.63, 3.8) is 0 Å². The van der Waals surface area contributed by atoms with E-state index in [1.807, 2.05) is 18.2 Å². The Bertz CT molecular complexity index is 906. The van der Waals surface area contributed by atoms with Crippen LogP contribution in [0.15, 0.2) is 78.9 Å². The fraction of sp³-hybridized carbons (Fsp3) is 0.280. The fourth-order valence-corrected chi connectivity index (χ4v) is 3.94. The molecule has 1 fully saturated rings. The Hall–Kier alpha value is -2.49. The maximum atomic E-state index is 6.41. The maximum absolute atomic E-state index is 6.41. The molecule has 0 bridgehead atoms. The van der Waals surface area contributed by atoms with Crippen molar-refractivity contribution >= 4 is 17.3 Å². The predicted molar refractivity (Wildman–Crippen MR) is 121 cm³/mol. The zero-order valence-electron chi connectivity index (χ0n) is 16.8. The van der Waals surface area contributed by atoms with E-state index < -0.39 is 0 Å². The van der Waals surface area contributed by atoms with Gasteiger partial charge in [0.15, 0.2) is 0 Å². The van der Waals surface area contributed by atoms with Gasteiger partial charge >= 0.3 is 0 Å². The quantitative estimate of drug-likeness (QED) is 0.530. The molecule has 29 heavy (non-hydrogen) atoms. The molecule has 3 nitrogen and oxygen atoms in total. The third-order valence-corrected chi connectivity index (χ3v) is 5.68. The summed E-state index contributed by atoms with van der Waals surface area (Å²) in [4.78, 5) is 4.90. The molecule has 1 saturated heterocycles. The summed E-state index contributed by atoms with van der Waals surface area (Å²) >= 11 is 6.16. The van der Waals surface area contributed by atoms with Crippen molar-refractivity contribution < 1.29 is 4.74 Å². The molecule has 150 valence electrons. The van der Waals surface area contributed by atoms with E-state index in [9.17, 15) is 0 Å². The van der Waals surface area contributed by atoms with Gasteiger partial charge in [-0.05, 0) is 42.8 Å². The van der Waals surface area contributed by atoms with E-state index in [0.29, 0.717) is 0 Å². The van der Waals surface area contributed by atoms with Crippen LogP contribution in [-0.2, 0) is 0 Å². The van der Waals surface area contributed by atoms with Gasteiger partial charge in [0.05, 0.1) is 0 Å². The molecular formula is C25H27ClN2O. The van der Waals surface area contributed by atoms with Crippen LogP contribution in [0.2, 0.25) is 5.02 Å². The first-order valence-electron chi connectivity index (χ1n) is 10.2. The van der Waals surface area contributed by atoms with E-state index in [1.54, 1.807) is 0 Å². The average Bonchev–Trinajstić information content (AvgIpc) is 2.76. The van der Waals surface area contributed by atoms with E-state index in [2.05, 4.69) is 77.4 Å². The van der Waals surface area contributed by atoms with Crippen molar-refractivity contribution in [2.45, 2.75) is 13.0 Å². The van der Waals surface area contributed by atoms with Crippen LogP contribution in [0.25, 0.3) is 0 Å². The Morgan fingerprint density at radius 1 is 0.862 bits per heavy atom. The summed E-state index contributed by atoms with van der Waals surface area (Å²) in [5.41, 5.74) is 3.66. The van der Waals surface area contributed by atoms with Crippen molar-refractivity contribution in [3.05, 3.63) is 95.0 Å². The van der Waals surface area contributed by atoms with Crippen molar-refractivity contribution in [2.75, 3.05) is 37.6 Å². The minimum absolute atomic E-state index is 0.0108. The van der Waals surface area contributed by atoms with Gasteiger partial charge in [0.1, 0.15) is 11.9 Å². The molecule has 3 aromatic rings. The lowest BCUT2D eigenvalue weighted by Gasteiger charge is -2.37. The zero-order chi connectivity index (χ0) is 20.1. The highest BCUT2D eigenvalue weighted by atomic mass is 35.5. The minimum atomic E-state index is 0.0108. The highest BCUT2D eigenvalue weighted by Gasteiger charge is 2.22. The largest absolute Gasteiger partial charge is 0.484 e. The molecule has 1 unspecified atom stereocenters. The van der Waals surface area contributed by atoms with Crippen LogP contribution in [-0.4, -0.2) is 37.6 Å². The molecular weight excluding hydrogens is 380 g/mol. The summed E-state index contributed by atoms with van der Waals surface area (Å²) in [7, 11) is 0. The number of anilines is 1. The molecule has 4 heteroatoms. The number of benzene rings is 3. The Balaban J connectivity index is 1.42. The first-order valence-corrected chi connectivity index (χ1v) is 10.6. The molecule has 3 aromatic carbocycles. The normalized spacial score (nSPS) is 15.9. The van der Waals surface area contributed by atoms with Gasteiger partial charge < -0.3 is 9.64 Å². The van der Waals surface area contributed by atoms with Gasteiger partial charge in [-0.1, -0.05) is 65.7 Å². The molecule has 4 rings (SSSR count). The van der Waals surface area contributed by atoms with Crippen molar-refractivity contribution in [1.29, 1.82) is 0 Å². The van der Waals surface area contributed by atoms with Crippen LogP contribution >= 0.6 is 11.6 Å². The summed E-state index contributed by atoms with van der Waals surface area (Å²) in [5.74, 6) is 0.919. The van der Waals surface area contributed by atoms with E-state index in [1.165, 1.54) is 16.8 Å². The molecule has 0 saturated carbocycles. The van der Waals surface area contributed by atoms with Crippen molar-refractivity contribution in [1.82, 2.24) is 4.90 Å². The SMILES string of the molecule is Cc1ccc(OC(CN2CCN(c3cccc(Cl)c3)CC2)c2ccccc2)cc1. The second-order valence-electron chi connectivity index (χ2n) is 7.60. The van der Waals surface area contributed by atoms with Crippen molar-refractivity contribution in [2.24, 2.45) is 0 Å². The van der Waals surface area contributed by atoms with E-state index in [-0.39, 0.29) is 6.10 Å². The number of hydrogen-bond acceptors (Lipinski definition) is 3. The van der Waals surface area contributed by atoms with Crippen LogP contribution in [0.3, 0.4) is 0 Å². The summed E-state index contributed by atoms with van der Waals surface area (Å²) in [6, 6.07) is 27.0. The second kappa shape index (κ2) is 9.34. The van der Waals surface area contributed by atoms with Crippen LogP contribution in [0.5, 0.6) is 5.75 Å². The highest BCUT2D eigenvalue weighted by Crippen LogP contribution is 2.25. The minimum Gasteiger partial charge on any atom is -0.484 e. The monoisotopic (exact) mass is 406 g/mol. The molecule has 0 aliphatic carbocycles. The fourth-order valence-electron chi connectivity index (χ4n) is 3.76. The topological polar surface area (TPSA) is 15.7 Å². The molecule has 1 atom stereocenters. The number of ether oxygens (including phenoxy) is 1. The first kappa shape index (κ1) is 19.8. The lowest BCUT2D eigenvalue weighted by molar-refractivity contribution is 0.128. The Morgan fingerprint density at radius 2 is 1.59 bits per heavy atom. The molecule has 0 N–H and O–H groups in total. The highest BCUT2D eigenvalue weighted by molar-refractivity contribution is 6.30. The first-order chi connectivity index (χ1) is 14.2. The van der Waals surface area contributed by atoms with Gasteiger partial charge in [0.2, 0.25) is 0 Å². The number of nitrogens with zero attached hydrogens (tertiary/aromatic N) is 2. The second-order valence-corrected chi connectivity index (χ2v) is 8.03. The number of aryl methyl sites for hydroxylation is 1. The standard InChI is InChI=1S/C25H27ClN2O/c1-20-10-12-24(13-11-20)29-25(21-6-3-2-4-7-21)19-27-14-16-28(17-15-27)23-9-5-8-22(26)18-23/h2-13,18,25H,14-17,19H2,1H3. The van der Waals surface area contributed by atoms with Crippen LogP contribution < -0.4 is 9.64 Å². The van der Waals surface area contributed by atoms with Gasteiger partial charge in [0, 0.05) is 43.4 Å². The van der Waals surface area contributed by atoms with Crippen LogP contribution in [0, 0.1) is 6.92 Å². The van der Waals surface area contributed by atoms with Gasteiger partial charge in [0.25, 0.3) is 0 Å². The van der Waals surface area contributed by atoms with Gasteiger partial charge in [-0.15, -0.1) is 0 Å². The van der Waals surface area contributed by atoms with E-state index >= 15 is 0 Å². The zero-order valence-corrected chi connectivity index (χ0v) is 17.6. The molecule has 0 spiro atoms. The average molecular weight is 407 g/mol. The number of halogens is 1. The van der Waals surface area contributed by atoms with Crippen LogP contribution in [0.4, 0.5) is 5.69 Å². The number of rotatable bonds is 6. The van der Waals surface area contributed by atoms with Crippen molar-refractivity contribution in [3.8, 4) is 5.75 Å². The molecule has 1 aliphatic heterocycles. The molecule has 0 amide bonds. The molecule has 1 heterocycles. The Labute approximate surface area is 178 Å². The summed E-state index contributed by atoms with van der Waals surface area (Å²) in [6.07, 6.45) is 0.0108. The lowest BCUT2D eigenvalue weighted by atomic mass is 10.1. The summed E-state index contributed by atoms with van der Waals surface area (Å²) in [5, 5.41) is 0.792. The lowest BCUT2D eigenvalue weighted by Crippen LogP contribution is -2.48. The molecule has 1 aliphatic rings. The van der Waals surface area contributed by atoms with Gasteiger partial charge in [-0.25, -0.2) is 0 Å². The third-order valence-electron chi connectivity index (χ3n) is 5.44. The predicted octanol–water partition coefficient (Wildman–Crippen LogP) is 5.59. The smallest absolute Gasteiger partial charge is 0.136 e. The van der Waals surface area contributed by atoms with E-state index in [4.69, 9.17) is 16.3 Å². The summed E-state index contributed by atoms with van der Waals surface area (Å²) < 4.78 is 6.41. The maximum Gasteiger partial charge on any atom is 0.136 e. The Morgan fingerprint density at radius 3 is 2.28 bits per heavy atom.